The third-order valence-electron chi connectivity index (χ3n) is 6.98. The summed E-state index contributed by atoms with van der Waals surface area (Å²) in [6, 6.07) is 4.56. The Labute approximate surface area is 166 Å². The number of piperidine rings is 1. The van der Waals surface area contributed by atoms with E-state index in [2.05, 4.69) is 4.90 Å². The maximum Gasteiger partial charge on any atom is 0.256 e. The average molecular weight is 390 g/mol. The lowest BCUT2D eigenvalue weighted by atomic mass is 9.85. The first-order valence-electron chi connectivity index (χ1n) is 10.5. The molecule has 3 aliphatic rings. The fourth-order valence-corrected chi connectivity index (χ4v) is 5.43. The molecule has 154 valence electrons. The standard InChI is InChI=1S/C22H31FN2O3/c1-28-18-5-6-19(23)17(13-18)14-25-11-4-9-22(27,20(25)26)16-24-12-10-21(15-24)7-2-3-8-21/h5-6,13,27H,2-4,7-12,14-16H2,1H3. The van der Waals surface area contributed by atoms with E-state index in [1.807, 2.05) is 0 Å². The van der Waals surface area contributed by atoms with Crippen molar-refractivity contribution in [2.24, 2.45) is 5.41 Å². The lowest BCUT2D eigenvalue weighted by molar-refractivity contribution is -0.160. The summed E-state index contributed by atoms with van der Waals surface area (Å²) in [5.41, 5.74) is -0.530. The smallest absolute Gasteiger partial charge is 0.256 e. The van der Waals surface area contributed by atoms with Crippen LogP contribution < -0.4 is 4.74 Å². The minimum Gasteiger partial charge on any atom is -0.497 e. The number of carbonyl (C=O) groups excluding carboxylic acids is 1. The third kappa shape index (κ3) is 3.77. The van der Waals surface area contributed by atoms with Crippen LogP contribution in [0.2, 0.25) is 0 Å². The number of carbonyl (C=O) groups is 1. The minimum atomic E-state index is -1.36. The Morgan fingerprint density at radius 3 is 2.68 bits per heavy atom. The molecule has 4 rings (SSSR count). The number of halogens is 1. The molecule has 5 nitrogen and oxygen atoms in total. The number of β-amino-alcohol motifs (C(OH)–C–C–N with tert-alkyl or cyclic N) is 1. The molecule has 0 aromatic heterocycles. The summed E-state index contributed by atoms with van der Waals surface area (Å²) in [4.78, 5) is 17.0. The van der Waals surface area contributed by atoms with Crippen molar-refractivity contribution in [2.45, 2.75) is 57.1 Å². The van der Waals surface area contributed by atoms with E-state index in [-0.39, 0.29) is 18.3 Å². The number of ether oxygens (including phenoxy) is 1. The van der Waals surface area contributed by atoms with Gasteiger partial charge >= 0.3 is 0 Å². The third-order valence-corrected chi connectivity index (χ3v) is 6.98. The van der Waals surface area contributed by atoms with Gasteiger partial charge in [0, 0.05) is 31.7 Å². The second-order valence-corrected chi connectivity index (χ2v) is 8.99. The zero-order valence-corrected chi connectivity index (χ0v) is 16.8. The van der Waals surface area contributed by atoms with Crippen LogP contribution >= 0.6 is 0 Å². The average Bonchev–Trinajstić information content (AvgIpc) is 3.30. The highest BCUT2D eigenvalue weighted by atomic mass is 19.1. The maximum absolute atomic E-state index is 14.2. The van der Waals surface area contributed by atoms with E-state index in [1.54, 1.807) is 17.0 Å². The van der Waals surface area contributed by atoms with E-state index < -0.39 is 5.60 Å². The number of methoxy groups -OCH3 is 1. The van der Waals surface area contributed by atoms with Gasteiger partial charge in [-0.25, -0.2) is 4.39 Å². The van der Waals surface area contributed by atoms with E-state index in [4.69, 9.17) is 4.74 Å². The summed E-state index contributed by atoms with van der Waals surface area (Å²) in [5, 5.41) is 11.2. The molecule has 0 radical (unpaired) electrons. The van der Waals surface area contributed by atoms with Crippen molar-refractivity contribution in [1.29, 1.82) is 0 Å². The summed E-state index contributed by atoms with van der Waals surface area (Å²) in [6.45, 7) is 3.05. The molecule has 2 saturated heterocycles. The number of amides is 1. The zero-order valence-electron chi connectivity index (χ0n) is 16.8. The van der Waals surface area contributed by atoms with Gasteiger partial charge in [-0.3, -0.25) is 9.69 Å². The summed E-state index contributed by atoms with van der Waals surface area (Å²) in [5.74, 6) is -0.0613. The Bertz CT molecular complexity index is 734. The number of hydrogen-bond acceptors (Lipinski definition) is 4. The molecule has 6 heteroatoms. The van der Waals surface area contributed by atoms with Crippen molar-refractivity contribution in [2.75, 3.05) is 33.3 Å². The predicted molar refractivity (Wildman–Crippen MR) is 105 cm³/mol. The van der Waals surface area contributed by atoms with Crippen LogP contribution in [0, 0.1) is 11.2 Å². The van der Waals surface area contributed by atoms with Crippen molar-refractivity contribution in [1.82, 2.24) is 9.80 Å². The van der Waals surface area contributed by atoms with Crippen molar-refractivity contribution < 1.29 is 19.0 Å². The molecule has 2 heterocycles. The van der Waals surface area contributed by atoms with Crippen LogP contribution in [0.3, 0.4) is 0 Å². The van der Waals surface area contributed by atoms with E-state index >= 15 is 0 Å². The largest absolute Gasteiger partial charge is 0.497 e. The van der Waals surface area contributed by atoms with Gasteiger partial charge < -0.3 is 14.7 Å². The highest BCUT2D eigenvalue weighted by molar-refractivity contribution is 5.86. The van der Waals surface area contributed by atoms with Gasteiger partial charge in [-0.1, -0.05) is 12.8 Å². The number of rotatable bonds is 5. The molecule has 1 aromatic rings. The van der Waals surface area contributed by atoms with E-state index in [0.717, 1.165) is 19.5 Å². The highest BCUT2D eigenvalue weighted by Crippen LogP contribution is 2.45. The number of aliphatic hydroxyl groups is 1. The van der Waals surface area contributed by atoms with E-state index in [1.165, 1.54) is 45.3 Å². The van der Waals surface area contributed by atoms with Gasteiger partial charge in [0.2, 0.25) is 0 Å². The van der Waals surface area contributed by atoms with Crippen LogP contribution in [-0.4, -0.2) is 59.7 Å². The molecular formula is C22H31FN2O3. The van der Waals surface area contributed by atoms with Crippen LogP contribution in [0.25, 0.3) is 0 Å². The fraction of sp³-hybridized carbons (Fsp3) is 0.682. The highest BCUT2D eigenvalue weighted by Gasteiger charge is 2.47. The second kappa shape index (κ2) is 7.64. The van der Waals surface area contributed by atoms with Gasteiger partial charge in [0.15, 0.2) is 5.60 Å². The SMILES string of the molecule is COc1ccc(F)c(CN2CCCC(O)(CN3CCC4(CCCC4)C3)C2=O)c1. The van der Waals surface area contributed by atoms with Crippen LogP contribution in [0.15, 0.2) is 18.2 Å². The van der Waals surface area contributed by atoms with Crippen LogP contribution in [0.1, 0.15) is 50.5 Å². The van der Waals surface area contributed by atoms with Gasteiger partial charge in [-0.2, -0.15) is 0 Å². The molecule has 1 amide bonds. The lowest BCUT2D eigenvalue weighted by Crippen LogP contribution is -2.58. The molecule has 1 unspecified atom stereocenters. The summed E-state index contributed by atoms with van der Waals surface area (Å²) < 4.78 is 19.4. The number of hydrogen-bond donors (Lipinski definition) is 1. The van der Waals surface area contributed by atoms with Gasteiger partial charge in [0.05, 0.1) is 7.11 Å². The molecule has 1 aromatic carbocycles. The zero-order chi connectivity index (χ0) is 19.8. The normalized spacial score (nSPS) is 27.7. The predicted octanol–water partition coefficient (Wildman–Crippen LogP) is 2.95. The molecule has 1 atom stereocenters. The Kier molecular flexibility index (Phi) is 5.36. The van der Waals surface area contributed by atoms with Crippen LogP contribution in [0.4, 0.5) is 4.39 Å². The summed E-state index contributed by atoms with van der Waals surface area (Å²) in [6.07, 6.45) is 7.54. The lowest BCUT2D eigenvalue weighted by Gasteiger charge is -2.40. The van der Waals surface area contributed by atoms with Gasteiger partial charge in [0.1, 0.15) is 11.6 Å². The first-order valence-corrected chi connectivity index (χ1v) is 10.5. The summed E-state index contributed by atoms with van der Waals surface area (Å²) >= 11 is 0. The molecule has 1 saturated carbocycles. The van der Waals surface area contributed by atoms with Crippen LogP contribution in [-0.2, 0) is 11.3 Å². The maximum atomic E-state index is 14.2. The van der Waals surface area contributed by atoms with Crippen molar-refractivity contribution in [3.8, 4) is 5.75 Å². The number of benzene rings is 1. The Morgan fingerprint density at radius 2 is 1.93 bits per heavy atom. The summed E-state index contributed by atoms with van der Waals surface area (Å²) in [7, 11) is 1.54. The Balaban J connectivity index is 1.44. The van der Waals surface area contributed by atoms with Crippen molar-refractivity contribution in [3.05, 3.63) is 29.6 Å². The fourth-order valence-electron chi connectivity index (χ4n) is 5.43. The Hall–Kier alpha value is -1.66. The first kappa shape index (κ1) is 19.6. The Morgan fingerprint density at radius 1 is 1.14 bits per heavy atom. The van der Waals surface area contributed by atoms with E-state index in [0.29, 0.717) is 36.2 Å². The first-order chi connectivity index (χ1) is 13.4. The van der Waals surface area contributed by atoms with Crippen molar-refractivity contribution in [3.63, 3.8) is 0 Å². The monoisotopic (exact) mass is 390 g/mol. The van der Waals surface area contributed by atoms with Gasteiger partial charge in [-0.05, 0) is 62.3 Å². The van der Waals surface area contributed by atoms with E-state index in [9.17, 15) is 14.3 Å². The van der Waals surface area contributed by atoms with Gasteiger partial charge in [0.25, 0.3) is 5.91 Å². The number of nitrogens with zero attached hydrogens (tertiary/aromatic N) is 2. The molecule has 1 N–H and O–H groups in total. The molecule has 1 spiro atoms. The second-order valence-electron chi connectivity index (χ2n) is 8.99. The molecule has 1 aliphatic carbocycles. The molecule has 28 heavy (non-hydrogen) atoms. The number of likely N-dealkylation sites (tertiary alicyclic amines) is 2. The quantitative estimate of drug-likeness (QED) is 0.840. The minimum absolute atomic E-state index is 0.161. The van der Waals surface area contributed by atoms with Gasteiger partial charge in [-0.15, -0.1) is 0 Å². The molecular weight excluding hydrogens is 359 g/mol. The molecule has 2 aliphatic heterocycles. The van der Waals surface area contributed by atoms with Crippen molar-refractivity contribution >= 4 is 5.91 Å². The molecule has 0 bridgehead atoms. The van der Waals surface area contributed by atoms with Crippen LogP contribution in [0.5, 0.6) is 5.75 Å². The topological polar surface area (TPSA) is 53.0 Å². The molecule has 3 fully saturated rings.